The summed E-state index contributed by atoms with van der Waals surface area (Å²) in [5, 5.41) is 6.92. The van der Waals surface area contributed by atoms with E-state index in [0.717, 1.165) is 5.56 Å². The number of hydrogen-bond donors (Lipinski definition) is 2. The molecule has 0 aliphatic rings. The number of hydrazone groups is 1. The van der Waals surface area contributed by atoms with Crippen LogP contribution in [0.5, 0.6) is 0 Å². The molecule has 130 valence electrons. The van der Waals surface area contributed by atoms with Crippen molar-refractivity contribution < 1.29 is 9.59 Å². The number of carbonyl (C=O) groups is 2. The van der Waals surface area contributed by atoms with E-state index in [-0.39, 0.29) is 17.7 Å². The average Bonchev–Trinajstić information content (AvgIpc) is 2.64. The summed E-state index contributed by atoms with van der Waals surface area (Å²) in [6.45, 7) is 5.58. The minimum Gasteiger partial charge on any atom is -0.340 e. The summed E-state index contributed by atoms with van der Waals surface area (Å²) in [7, 11) is 0. The highest BCUT2D eigenvalue weighted by molar-refractivity contribution is 6.00. The molecule has 1 unspecified atom stereocenters. The molecule has 2 aromatic carbocycles. The van der Waals surface area contributed by atoms with Gasteiger partial charge in [0, 0.05) is 5.56 Å². The van der Waals surface area contributed by atoms with E-state index in [0.29, 0.717) is 11.3 Å². The van der Waals surface area contributed by atoms with Crippen LogP contribution in [-0.4, -0.2) is 23.6 Å². The molecule has 25 heavy (non-hydrogen) atoms. The molecule has 0 heterocycles. The van der Waals surface area contributed by atoms with Gasteiger partial charge in [-0.05, 0) is 30.5 Å². The van der Waals surface area contributed by atoms with Crippen molar-refractivity contribution in [3.63, 3.8) is 0 Å². The van der Waals surface area contributed by atoms with E-state index in [1.165, 1.54) is 0 Å². The Hall–Kier alpha value is -2.95. The van der Waals surface area contributed by atoms with Crippen LogP contribution in [-0.2, 0) is 4.79 Å². The summed E-state index contributed by atoms with van der Waals surface area (Å²) >= 11 is 0. The second kappa shape index (κ2) is 8.78. The van der Waals surface area contributed by atoms with Crippen LogP contribution in [0, 0.1) is 5.92 Å². The normalized spacial score (nSPS) is 12.6. The maximum absolute atomic E-state index is 12.5. The molecule has 5 nitrogen and oxygen atoms in total. The molecule has 5 heteroatoms. The summed E-state index contributed by atoms with van der Waals surface area (Å²) in [5.41, 5.74) is 4.70. The number of nitrogens with one attached hydrogen (secondary N) is 2. The summed E-state index contributed by atoms with van der Waals surface area (Å²) in [4.78, 5) is 24.8. The van der Waals surface area contributed by atoms with Gasteiger partial charge in [-0.15, -0.1) is 0 Å². The summed E-state index contributed by atoms with van der Waals surface area (Å²) < 4.78 is 0. The summed E-state index contributed by atoms with van der Waals surface area (Å²) in [6.07, 6.45) is 0. The van der Waals surface area contributed by atoms with Crippen LogP contribution in [0.4, 0.5) is 0 Å². The van der Waals surface area contributed by atoms with Crippen molar-refractivity contribution in [2.45, 2.75) is 26.8 Å². The van der Waals surface area contributed by atoms with Crippen LogP contribution in [0.15, 0.2) is 65.8 Å². The Morgan fingerprint density at radius 3 is 1.92 bits per heavy atom. The fourth-order valence-corrected chi connectivity index (χ4v) is 2.30. The monoisotopic (exact) mass is 337 g/mol. The molecule has 0 aromatic heterocycles. The van der Waals surface area contributed by atoms with Gasteiger partial charge >= 0.3 is 0 Å². The van der Waals surface area contributed by atoms with E-state index in [1.54, 1.807) is 24.3 Å². The molecule has 0 spiro atoms. The first-order chi connectivity index (χ1) is 12.0. The molecule has 0 saturated heterocycles. The van der Waals surface area contributed by atoms with Crippen molar-refractivity contribution in [2.75, 3.05) is 0 Å². The first-order valence-electron chi connectivity index (χ1n) is 8.24. The first kappa shape index (κ1) is 18.4. The predicted octanol–water partition coefficient (Wildman–Crippen LogP) is 2.98. The van der Waals surface area contributed by atoms with Crippen LogP contribution >= 0.6 is 0 Å². The van der Waals surface area contributed by atoms with Gasteiger partial charge in [-0.1, -0.05) is 62.4 Å². The predicted molar refractivity (Wildman–Crippen MR) is 99.3 cm³/mol. The largest absolute Gasteiger partial charge is 0.340 e. The van der Waals surface area contributed by atoms with Crippen LogP contribution in [0.3, 0.4) is 0 Å². The Balaban J connectivity index is 2.04. The number of rotatable bonds is 6. The van der Waals surface area contributed by atoms with E-state index < -0.39 is 6.04 Å². The number of benzene rings is 2. The minimum atomic E-state index is -0.667. The molecular weight excluding hydrogens is 314 g/mol. The molecule has 2 aromatic rings. The fraction of sp³-hybridized carbons (Fsp3) is 0.250. The third-order valence-electron chi connectivity index (χ3n) is 3.80. The molecule has 0 saturated carbocycles. The number of nitrogens with zero attached hydrogens (tertiary/aromatic N) is 1. The van der Waals surface area contributed by atoms with Gasteiger partial charge in [-0.3, -0.25) is 9.59 Å². The Bertz CT molecular complexity index is 740. The SMILES string of the molecule is C/C(=N/NC(=O)C(NC(=O)c1ccccc1)C(C)C)c1ccccc1. The standard InChI is InChI=1S/C20H23N3O2/c1-14(2)18(21-19(24)17-12-8-5-9-13-17)20(25)23-22-15(3)16-10-6-4-7-11-16/h4-14,18H,1-3H3,(H,21,24)(H,23,25)/b22-15-. The van der Waals surface area contributed by atoms with Gasteiger partial charge in [0.15, 0.2) is 0 Å². The molecule has 0 fully saturated rings. The maximum atomic E-state index is 12.5. The fourth-order valence-electron chi connectivity index (χ4n) is 2.30. The van der Waals surface area contributed by atoms with Crippen molar-refractivity contribution >= 4 is 17.5 Å². The quantitative estimate of drug-likeness (QED) is 0.628. The van der Waals surface area contributed by atoms with Crippen molar-refractivity contribution in [1.82, 2.24) is 10.7 Å². The highest BCUT2D eigenvalue weighted by Gasteiger charge is 2.24. The average molecular weight is 337 g/mol. The maximum Gasteiger partial charge on any atom is 0.262 e. The summed E-state index contributed by atoms with van der Waals surface area (Å²) in [6, 6.07) is 17.7. The van der Waals surface area contributed by atoms with Gasteiger partial charge in [0.1, 0.15) is 6.04 Å². The zero-order valence-corrected chi connectivity index (χ0v) is 14.7. The van der Waals surface area contributed by atoms with E-state index in [9.17, 15) is 9.59 Å². The smallest absolute Gasteiger partial charge is 0.262 e. The van der Waals surface area contributed by atoms with Crippen LogP contribution < -0.4 is 10.7 Å². The first-order valence-corrected chi connectivity index (χ1v) is 8.24. The minimum absolute atomic E-state index is 0.0695. The zero-order chi connectivity index (χ0) is 18.2. The molecule has 2 amide bonds. The van der Waals surface area contributed by atoms with Gasteiger partial charge in [0.2, 0.25) is 0 Å². The zero-order valence-electron chi connectivity index (χ0n) is 14.7. The van der Waals surface area contributed by atoms with Gasteiger partial charge in [0.05, 0.1) is 5.71 Å². The topological polar surface area (TPSA) is 70.6 Å². The van der Waals surface area contributed by atoms with Gasteiger partial charge in [-0.2, -0.15) is 5.10 Å². The molecule has 2 rings (SSSR count). The molecule has 0 aliphatic carbocycles. The second-order valence-electron chi connectivity index (χ2n) is 6.10. The van der Waals surface area contributed by atoms with Gasteiger partial charge in [0.25, 0.3) is 11.8 Å². The molecular formula is C20H23N3O2. The number of hydrogen-bond acceptors (Lipinski definition) is 3. The van der Waals surface area contributed by atoms with E-state index in [1.807, 2.05) is 57.2 Å². The van der Waals surface area contributed by atoms with Crippen LogP contribution in [0.25, 0.3) is 0 Å². The van der Waals surface area contributed by atoms with Crippen molar-refractivity contribution in [2.24, 2.45) is 11.0 Å². The van der Waals surface area contributed by atoms with Crippen LogP contribution in [0.1, 0.15) is 36.7 Å². The Labute approximate surface area is 148 Å². The van der Waals surface area contributed by atoms with Crippen molar-refractivity contribution in [1.29, 1.82) is 0 Å². The highest BCUT2D eigenvalue weighted by atomic mass is 16.2. The van der Waals surface area contributed by atoms with E-state index in [4.69, 9.17) is 0 Å². The molecule has 0 aliphatic heterocycles. The lowest BCUT2D eigenvalue weighted by Gasteiger charge is -2.20. The lowest BCUT2D eigenvalue weighted by molar-refractivity contribution is -0.123. The molecule has 0 bridgehead atoms. The van der Waals surface area contributed by atoms with Gasteiger partial charge in [-0.25, -0.2) is 5.43 Å². The third kappa shape index (κ3) is 5.28. The Kier molecular flexibility index (Phi) is 6.46. The molecule has 0 radical (unpaired) electrons. The lowest BCUT2D eigenvalue weighted by Crippen LogP contribution is -2.48. The number of carbonyl (C=O) groups excluding carboxylic acids is 2. The Morgan fingerprint density at radius 1 is 0.880 bits per heavy atom. The van der Waals surface area contributed by atoms with Gasteiger partial charge < -0.3 is 5.32 Å². The lowest BCUT2D eigenvalue weighted by atomic mass is 10.0. The van der Waals surface area contributed by atoms with E-state index >= 15 is 0 Å². The summed E-state index contributed by atoms with van der Waals surface area (Å²) in [5.74, 6) is -0.687. The third-order valence-corrected chi connectivity index (χ3v) is 3.80. The van der Waals surface area contributed by atoms with Crippen molar-refractivity contribution in [3.8, 4) is 0 Å². The Morgan fingerprint density at radius 2 is 1.40 bits per heavy atom. The second-order valence-corrected chi connectivity index (χ2v) is 6.10. The van der Waals surface area contributed by atoms with E-state index in [2.05, 4.69) is 15.8 Å². The molecule has 2 N–H and O–H groups in total. The highest BCUT2D eigenvalue weighted by Crippen LogP contribution is 2.06. The van der Waals surface area contributed by atoms with Crippen molar-refractivity contribution in [3.05, 3.63) is 71.8 Å². The number of amides is 2. The van der Waals surface area contributed by atoms with Crippen LogP contribution in [0.2, 0.25) is 0 Å². The molecule has 1 atom stereocenters.